The molecule has 26 heavy (non-hydrogen) atoms. The zero-order valence-corrected chi connectivity index (χ0v) is 15.0. The van der Waals surface area contributed by atoms with Gasteiger partial charge in [0.05, 0.1) is 5.69 Å². The van der Waals surface area contributed by atoms with E-state index in [1.54, 1.807) is 10.9 Å². The van der Waals surface area contributed by atoms with Crippen molar-refractivity contribution in [2.45, 2.75) is 20.8 Å². The molecule has 0 bridgehead atoms. The number of carbonyl (C=O) groups excluding carboxylic acids is 2. The number of nitrogens with zero attached hydrogens (tertiary/aromatic N) is 2. The minimum absolute atomic E-state index is 0.207. The van der Waals surface area contributed by atoms with Crippen LogP contribution in [0.25, 0.3) is 16.9 Å². The number of rotatable bonds is 5. The standard InChI is InChI=1S/C21H20N2O3/c1-14-9-10-18(15(2)11-14)20-19(21(25)26-13-16(3)24)12-23(22-20)17-7-5-4-6-8-17/h4-12H,13H2,1-3H3. The van der Waals surface area contributed by atoms with Gasteiger partial charge in [0.2, 0.25) is 0 Å². The Bertz CT molecular complexity index is 959. The molecule has 0 atom stereocenters. The number of esters is 1. The van der Waals surface area contributed by atoms with Crippen molar-refractivity contribution in [2.24, 2.45) is 0 Å². The van der Waals surface area contributed by atoms with Crippen molar-refractivity contribution in [2.75, 3.05) is 6.61 Å². The number of hydrogen-bond donors (Lipinski definition) is 0. The molecule has 2 aromatic carbocycles. The molecule has 0 amide bonds. The van der Waals surface area contributed by atoms with Crippen LogP contribution in [0.2, 0.25) is 0 Å². The van der Waals surface area contributed by atoms with Crippen molar-refractivity contribution in [1.29, 1.82) is 0 Å². The third-order valence-corrected chi connectivity index (χ3v) is 4.00. The summed E-state index contributed by atoms with van der Waals surface area (Å²) in [4.78, 5) is 23.7. The van der Waals surface area contributed by atoms with Crippen LogP contribution in [-0.4, -0.2) is 28.1 Å². The van der Waals surface area contributed by atoms with Gasteiger partial charge in [-0.25, -0.2) is 9.48 Å². The fraction of sp³-hybridized carbons (Fsp3) is 0.190. The summed E-state index contributed by atoms with van der Waals surface area (Å²) in [7, 11) is 0. The highest BCUT2D eigenvalue weighted by Gasteiger charge is 2.21. The van der Waals surface area contributed by atoms with Gasteiger partial charge in [-0.2, -0.15) is 5.10 Å². The molecule has 1 aromatic heterocycles. The van der Waals surface area contributed by atoms with Gasteiger partial charge in [0.1, 0.15) is 17.9 Å². The topological polar surface area (TPSA) is 61.2 Å². The first-order valence-corrected chi connectivity index (χ1v) is 8.35. The Hall–Kier alpha value is -3.21. The molecule has 132 valence electrons. The van der Waals surface area contributed by atoms with Crippen molar-refractivity contribution < 1.29 is 14.3 Å². The lowest BCUT2D eigenvalue weighted by molar-refractivity contribution is -0.120. The lowest BCUT2D eigenvalue weighted by Gasteiger charge is -2.07. The van der Waals surface area contributed by atoms with Crippen LogP contribution >= 0.6 is 0 Å². The van der Waals surface area contributed by atoms with Gasteiger partial charge >= 0.3 is 5.97 Å². The summed E-state index contributed by atoms with van der Waals surface area (Å²) in [5, 5.41) is 4.62. The van der Waals surface area contributed by atoms with Crippen molar-refractivity contribution in [3.8, 4) is 16.9 Å². The number of benzene rings is 2. The summed E-state index contributed by atoms with van der Waals surface area (Å²) >= 11 is 0. The van der Waals surface area contributed by atoms with Crippen LogP contribution in [-0.2, 0) is 9.53 Å². The normalized spacial score (nSPS) is 10.6. The second-order valence-electron chi connectivity index (χ2n) is 6.27. The number of hydrogen-bond acceptors (Lipinski definition) is 4. The second kappa shape index (κ2) is 7.35. The summed E-state index contributed by atoms with van der Waals surface area (Å²) in [6.07, 6.45) is 1.65. The van der Waals surface area contributed by atoms with Crippen LogP contribution < -0.4 is 0 Å². The molecule has 5 heteroatoms. The van der Waals surface area contributed by atoms with E-state index in [1.165, 1.54) is 6.92 Å². The summed E-state index contributed by atoms with van der Waals surface area (Å²) in [5.41, 5.74) is 4.73. The molecule has 0 saturated heterocycles. The molecule has 1 heterocycles. The van der Waals surface area contributed by atoms with Gasteiger partial charge in [0.15, 0.2) is 5.78 Å². The highest BCUT2D eigenvalue weighted by atomic mass is 16.5. The predicted octanol–water partition coefficient (Wildman–Crippen LogP) is 3.90. The molecule has 0 aliphatic rings. The van der Waals surface area contributed by atoms with E-state index in [4.69, 9.17) is 4.74 Å². The van der Waals surface area contributed by atoms with Gasteiger partial charge in [-0.05, 0) is 38.5 Å². The Labute approximate surface area is 152 Å². The van der Waals surface area contributed by atoms with Gasteiger partial charge in [0.25, 0.3) is 0 Å². The Morgan fingerprint density at radius 1 is 1.08 bits per heavy atom. The molecule has 0 radical (unpaired) electrons. The maximum Gasteiger partial charge on any atom is 0.342 e. The van der Waals surface area contributed by atoms with Crippen LogP contribution in [0, 0.1) is 13.8 Å². The summed E-state index contributed by atoms with van der Waals surface area (Å²) in [6.45, 7) is 5.13. The summed E-state index contributed by atoms with van der Waals surface area (Å²) in [5.74, 6) is -0.765. The van der Waals surface area contributed by atoms with E-state index in [1.807, 2.05) is 62.4 Å². The predicted molar refractivity (Wildman–Crippen MR) is 99.4 cm³/mol. The van der Waals surface area contributed by atoms with E-state index >= 15 is 0 Å². The first kappa shape index (κ1) is 17.6. The van der Waals surface area contributed by atoms with E-state index < -0.39 is 5.97 Å². The third kappa shape index (κ3) is 3.72. The van der Waals surface area contributed by atoms with Gasteiger partial charge in [-0.1, -0.05) is 42.0 Å². The quantitative estimate of drug-likeness (QED) is 0.656. The number of aromatic nitrogens is 2. The van der Waals surface area contributed by atoms with Crippen LogP contribution in [0.1, 0.15) is 28.4 Å². The highest BCUT2D eigenvalue weighted by Crippen LogP contribution is 2.28. The fourth-order valence-corrected chi connectivity index (χ4v) is 2.76. The zero-order valence-electron chi connectivity index (χ0n) is 15.0. The first-order valence-electron chi connectivity index (χ1n) is 8.35. The Morgan fingerprint density at radius 2 is 1.81 bits per heavy atom. The Kier molecular flexibility index (Phi) is 4.98. The lowest BCUT2D eigenvalue weighted by atomic mass is 10.0. The minimum Gasteiger partial charge on any atom is -0.454 e. The fourth-order valence-electron chi connectivity index (χ4n) is 2.76. The number of ketones is 1. The molecule has 0 saturated carbocycles. The zero-order chi connectivity index (χ0) is 18.7. The van der Waals surface area contributed by atoms with Crippen molar-refractivity contribution in [3.63, 3.8) is 0 Å². The number of aryl methyl sites for hydroxylation is 2. The second-order valence-corrected chi connectivity index (χ2v) is 6.27. The third-order valence-electron chi connectivity index (χ3n) is 4.00. The maximum absolute atomic E-state index is 12.5. The molecule has 3 rings (SSSR count). The van der Waals surface area contributed by atoms with E-state index in [9.17, 15) is 9.59 Å². The Morgan fingerprint density at radius 3 is 2.46 bits per heavy atom. The molecule has 0 unspecified atom stereocenters. The molecule has 5 nitrogen and oxygen atoms in total. The van der Waals surface area contributed by atoms with Gasteiger partial charge in [-0.3, -0.25) is 4.79 Å². The van der Waals surface area contributed by atoms with Gasteiger partial charge in [0, 0.05) is 11.8 Å². The largest absolute Gasteiger partial charge is 0.454 e. The van der Waals surface area contributed by atoms with E-state index in [0.29, 0.717) is 11.3 Å². The van der Waals surface area contributed by atoms with Crippen LogP contribution in [0.15, 0.2) is 54.7 Å². The van der Waals surface area contributed by atoms with Crippen molar-refractivity contribution >= 4 is 11.8 Å². The van der Waals surface area contributed by atoms with Crippen LogP contribution in [0.3, 0.4) is 0 Å². The molecular formula is C21H20N2O3. The average molecular weight is 348 g/mol. The molecular weight excluding hydrogens is 328 g/mol. The molecule has 0 aliphatic heterocycles. The van der Waals surface area contributed by atoms with Crippen LogP contribution in [0.5, 0.6) is 0 Å². The molecule has 0 fully saturated rings. The van der Waals surface area contributed by atoms with E-state index in [-0.39, 0.29) is 12.4 Å². The number of para-hydroxylation sites is 1. The summed E-state index contributed by atoms with van der Waals surface area (Å²) < 4.78 is 6.77. The van der Waals surface area contributed by atoms with Gasteiger partial charge in [-0.15, -0.1) is 0 Å². The molecule has 0 spiro atoms. The number of carbonyl (C=O) groups is 2. The SMILES string of the molecule is CC(=O)COC(=O)c1cn(-c2ccccc2)nc1-c1ccc(C)cc1C. The lowest BCUT2D eigenvalue weighted by Crippen LogP contribution is -2.11. The monoisotopic (exact) mass is 348 g/mol. The van der Waals surface area contributed by atoms with Crippen molar-refractivity contribution in [3.05, 3.63) is 71.4 Å². The first-order chi connectivity index (χ1) is 12.5. The Balaban J connectivity index is 2.10. The summed E-state index contributed by atoms with van der Waals surface area (Å²) in [6, 6.07) is 15.5. The average Bonchev–Trinajstić information content (AvgIpc) is 3.05. The number of Topliss-reactive ketones (excluding diaryl/α,β-unsaturated/α-hetero) is 1. The van der Waals surface area contributed by atoms with E-state index in [0.717, 1.165) is 22.4 Å². The van der Waals surface area contributed by atoms with Gasteiger partial charge < -0.3 is 4.74 Å². The number of ether oxygens (including phenoxy) is 1. The smallest absolute Gasteiger partial charge is 0.342 e. The molecule has 0 N–H and O–H groups in total. The van der Waals surface area contributed by atoms with Crippen molar-refractivity contribution in [1.82, 2.24) is 9.78 Å². The maximum atomic E-state index is 12.5. The van der Waals surface area contributed by atoms with E-state index in [2.05, 4.69) is 5.10 Å². The minimum atomic E-state index is -0.558. The highest BCUT2D eigenvalue weighted by molar-refractivity contribution is 5.97. The van der Waals surface area contributed by atoms with Crippen LogP contribution in [0.4, 0.5) is 0 Å². The molecule has 3 aromatic rings. The molecule has 0 aliphatic carbocycles.